The van der Waals surface area contributed by atoms with Crippen molar-refractivity contribution in [3.05, 3.63) is 46.1 Å². The quantitative estimate of drug-likeness (QED) is 0.460. The van der Waals surface area contributed by atoms with E-state index in [0.29, 0.717) is 5.56 Å². The van der Waals surface area contributed by atoms with Crippen LogP contribution in [-0.4, -0.2) is 15.9 Å². The molecule has 0 aliphatic rings. The molecule has 0 amide bonds. The van der Waals surface area contributed by atoms with E-state index >= 15 is 0 Å². The minimum absolute atomic E-state index is 0.000741. The summed E-state index contributed by atoms with van der Waals surface area (Å²) < 4.78 is 4.89. The summed E-state index contributed by atoms with van der Waals surface area (Å²) in [5, 5.41) is 14.4. The lowest BCUT2D eigenvalue weighted by molar-refractivity contribution is -0.384. The Kier molecular flexibility index (Phi) is 2.70. The number of hydrogen-bond donors (Lipinski definition) is 0. The summed E-state index contributed by atoms with van der Waals surface area (Å²) in [5.41, 5.74) is -0.128. The first kappa shape index (κ1) is 11.0. The number of nitrogens with zero attached hydrogens (tertiary/aromatic N) is 2. The van der Waals surface area contributed by atoms with Gasteiger partial charge in [-0.15, -0.1) is 0 Å². The zero-order chi connectivity index (χ0) is 12.4. The number of carbonyl (C=O) groups is 1. The van der Waals surface area contributed by atoms with Crippen molar-refractivity contribution in [2.24, 2.45) is 0 Å². The largest absolute Gasteiger partial charge is 0.348 e. The second-order valence-electron chi connectivity index (χ2n) is 3.39. The van der Waals surface area contributed by atoms with Crippen LogP contribution >= 0.6 is 0 Å². The first-order valence-corrected chi connectivity index (χ1v) is 4.81. The monoisotopic (exact) mass is 232 g/mol. The maximum Gasteiger partial charge on any atom is 0.347 e. The molecule has 0 fully saturated rings. The summed E-state index contributed by atoms with van der Waals surface area (Å²) in [6.45, 7) is 1.21. The van der Waals surface area contributed by atoms with Gasteiger partial charge < -0.3 is 4.52 Å². The fraction of sp³-hybridized carbons (Fsp3) is 0.0909. The summed E-state index contributed by atoms with van der Waals surface area (Å²) >= 11 is 0. The third-order valence-corrected chi connectivity index (χ3v) is 2.22. The van der Waals surface area contributed by atoms with Gasteiger partial charge in [0.05, 0.1) is 4.92 Å². The van der Waals surface area contributed by atoms with E-state index < -0.39 is 10.7 Å². The summed E-state index contributed by atoms with van der Waals surface area (Å²) in [7, 11) is 0. The molecule has 0 N–H and O–H groups in total. The van der Waals surface area contributed by atoms with Crippen molar-refractivity contribution < 1.29 is 14.2 Å². The lowest BCUT2D eigenvalue weighted by atomic mass is 10.1. The SMILES string of the molecule is CC(=O)c1noc(-c2ccccc2)c1[N+](=O)[O-]. The van der Waals surface area contributed by atoms with Crippen molar-refractivity contribution in [3.63, 3.8) is 0 Å². The molecule has 1 aromatic heterocycles. The number of aromatic nitrogens is 1. The molecule has 0 radical (unpaired) electrons. The van der Waals surface area contributed by atoms with Gasteiger partial charge in [0.15, 0.2) is 5.78 Å². The van der Waals surface area contributed by atoms with Gasteiger partial charge in [-0.1, -0.05) is 35.5 Å². The lowest BCUT2D eigenvalue weighted by Gasteiger charge is -1.94. The number of benzene rings is 1. The second-order valence-corrected chi connectivity index (χ2v) is 3.39. The Bertz CT molecular complexity index is 574. The molecule has 6 heteroatoms. The highest BCUT2D eigenvalue weighted by Crippen LogP contribution is 2.32. The Labute approximate surface area is 96.0 Å². The van der Waals surface area contributed by atoms with Gasteiger partial charge in [-0.2, -0.15) is 0 Å². The molecule has 0 aliphatic heterocycles. The van der Waals surface area contributed by atoms with E-state index in [-0.39, 0.29) is 17.1 Å². The molecular formula is C11H8N2O4. The van der Waals surface area contributed by atoms with Gasteiger partial charge in [-0.3, -0.25) is 14.9 Å². The van der Waals surface area contributed by atoms with Crippen LogP contribution in [0.1, 0.15) is 17.4 Å². The second kappa shape index (κ2) is 4.17. The highest BCUT2D eigenvalue weighted by atomic mass is 16.6. The van der Waals surface area contributed by atoms with E-state index in [4.69, 9.17) is 4.52 Å². The average molecular weight is 232 g/mol. The molecule has 0 saturated heterocycles. The van der Waals surface area contributed by atoms with Crippen molar-refractivity contribution in [1.82, 2.24) is 5.16 Å². The third-order valence-electron chi connectivity index (χ3n) is 2.22. The van der Waals surface area contributed by atoms with E-state index in [1.807, 2.05) is 0 Å². The number of hydrogen-bond acceptors (Lipinski definition) is 5. The molecule has 1 heterocycles. The van der Waals surface area contributed by atoms with Crippen molar-refractivity contribution in [3.8, 4) is 11.3 Å². The number of ketones is 1. The van der Waals surface area contributed by atoms with Crippen LogP contribution in [0.3, 0.4) is 0 Å². The maximum atomic E-state index is 11.2. The van der Waals surface area contributed by atoms with Crippen LogP contribution < -0.4 is 0 Å². The van der Waals surface area contributed by atoms with Gasteiger partial charge in [0.2, 0.25) is 11.5 Å². The highest BCUT2D eigenvalue weighted by molar-refractivity contribution is 5.98. The van der Waals surface area contributed by atoms with Gasteiger partial charge >= 0.3 is 5.69 Å². The normalized spacial score (nSPS) is 10.2. The van der Waals surface area contributed by atoms with Gasteiger partial charge in [-0.05, 0) is 0 Å². The summed E-state index contributed by atoms with van der Waals surface area (Å²) in [6, 6.07) is 8.51. The number of nitro groups is 1. The predicted molar refractivity (Wildman–Crippen MR) is 58.6 cm³/mol. The molecule has 1 aromatic carbocycles. The molecule has 86 valence electrons. The summed E-state index contributed by atoms with van der Waals surface area (Å²) in [6.07, 6.45) is 0. The van der Waals surface area contributed by atoms with Gasteiger partial charge in [0, 0.05) is 12.5 Å². The Hall–Kier alpha value is -2.50. The van der Waals surface area contributed by atoms with Crippen molar-refractivity contribution >= 4 is 11.5 Å². The van der Waals surface area contributed by atoms with Crippen molar-refractivity contribution in [2.75, 3.05) is 0 Å². The fourth-order valence-corrected chi connectivity index (χ4v) is 1.46. The maximum absolute atomic E-state index is 11.2. The lowest BCUT2D eigenvalue weighted by Crippen LogP contribution is -1.99. The van der Waals surface area contributed by atoms with Gasteiger partial charge in [0.1, 0.15) is 0 Å². The predicted octanol–water partition coefficient (Wildman–Crippen LogP) is 2.45. The molecule has 0 unspecified atom stereocenters. The zero-order valence-electron chi connectivity index (χ0n) is 8.91. The molecule has 0 aliphatic carbocycles. The van der Waals surface area contributed by atoms with Crippen LogP contribution in [0.25, 0.3) is 11.3 Å². The number of Topliss-reactive ketones (excluding diaryl/α,β-unsaturated/α-hetero) is 1. The Morgan fingerprint density at radius 3 is 2.53 bits per heavy atom. The topological polar surface area (TPSA) is 86.2 Å². The minimum atomic E-state index is -0.657. The smallest absolute Gasteiger partial charge is 0.347 e. The van der Waals surface area contributed by atoms with E-state index in [1.54, 1.807) is 30.3 Å². The molecular weight excluding hydrogens is 224 g/mol. The van der Waals surface area contributed by atoms with E-state index in [2.05, 4.69) is 5.16 Å². The van der Waals surface area contributed by atoms with Crippen LogP contribution in [0, 0.1) is 10.1 Å². The molecule has 2 aromatic rings. The Morgan fingerprint density at radius 1 is 1.35 bits per heavy atom. The van der Waals surface area contributed by atoms with Gasteiger partial charge in [0.25, 0.3) is 0 Å². The van der Waals surface area contributed by atoms with Gasteiger partial charge in [-0.25, -0.2) is 0 Å². The minimum Gasteiger partial charge on any atom is -0.348 e. The van der Waals surface area contributed by atoms with Crippen LogP contribution in [-0.2, 0) is 0 Å². The Morgan fingerprint density at radius 2 is 2.00 bits per heavy atom. The number of carbonyl (C=O) groups excluding carboxylic acids is 1. The molecule has 0 spiro atoms. The van der Waals surface area contributed by atoms with Crippen LogP contribution in [0.4, 0.5) is 5.69 Å². The van der Waals surface area contributed by atoms with Crippen molar-refractivity contribution in [2.45, 2.75) is 6.92 Å². The zero-order valence-corrected chi connectivity index (χ0v) is 8.91. The average Bonchev–Trinajstić information content (AvgIpc) is 2.74. The first-order chi connectivity index (χ1) is 8.11. The highest BCUT2D eigenvalue weighted by Gasteiger charge is 2.30. The third kappa shape index (κ3) is 1.92. The molecule has 0 atom stereocenters. The number of rotatable bonds is 3. The van der Waals surface area contributed by atoms with Crippen LogP contribution in [0.15, 0.2) is 34.9 Å². The fourth-order valence-electron chi connectivity index (χ4n) is 1.46. The molecule has 0 saturated carbocycles. The Balaban J connectivity index is 2.64. The molecule has 6 nitrogen and oxygen atoms in total. The molecule has 2 rings (SSSR count). The standard InChI is InChI=1S/C11H8N2O4/c1-7(14)9-10(13(15)16)11(17-12-9)8-5-3-2-4-6-8/h2-6H,1H3. The van der Waals surface area contributed by atoms with E-state index in [9.17, 15) is 14.9 Å². The molecule has 0 bridgehead atoms. The van der Waals surface area contributed by atoms with Crippen LogP contribution in [0.2, 0.25) is 0 Å². The molecule has 17 heavy (non-hydrogen) atoms. The van der Waals surface area contributed by atoms with Crippen molar-refractivity contribution in [1.29, 1.82) is 0 Å². The van der Waals surface area contributed by atoms with E-state index in [0.717, 1.165) is 0 Å². The van der Waals surface area contributed by atoms with E-state index in [1.165, 1.54) is 6.92 Å². The summed E-state index contributed by atoms with van der Waals surface area (Å²) in [5.74, 6) is -0.497. The first-order valence-electron chi connectivity index (χ1n) is 4.81. The summed E-state index contributed by atoms with van der Waals surface area (Å²) in [4.78, 5) is 21.5. The van der Waals surface area contributed by atoms with Crippen LogP contribution in [0.5, 0.6) is 0 Å².